The summed E-state index contributed by atoms with van der Waals surface area (Å²) in [5.41, 5.74) is 1.78. The third kappa shape index (κ3) is 3.20. The molecule has 4 rings (SSSR count). The van der Waals surface area contributed by atoms with Crippen LogP contribution < -0.4 is 15.6 Å². The number of anilines is 1. The molecule has 0 aliphatic carbocycles. The lowest BCUT2D eigenvalue weighted by Crippen LogP contribution is -2.23. The fourth-order valence-corrected chi connectivity index (χ4v) is 2.74. The molecule has 0 bridgehead atoms. The number of rotatable bonds is 4. The Morgan fingerprint density at radius 3 is 2.82 bits per heavy atom. The lowest BCUT2D eigenvalue weighted by molar-refractivity contribution is 0.101. The topological polar surface area (TPSA) is 103 Å². The molecule has 1 N–H and O–H groups in total. The minimum absolute atomic E-state index is 0.117. The fraction of sp³-hybridized carbons (Fsp3) is 0.105. The molecule has 140 valence electrons. The summed E-state index contributed by atoms with van der Waals surface area (Å²) in [6.45, 7) is 0. The molecule has 0 unspecified atom stereocenters. The van der Waals surface area contributed by atoms with E-state index in [1.54, 1.807) is 18.3 Å². The van der Waals surface area contributed by atoms with E-state index in [9.17, 15) is 9.59 Å². The zero-order chi connectivity index (χ0) is 19.7. The van der Waals surface area contributed by atoms with Gasteiger partial charge in [0.25, 0.3) is 11.5 Å². The maximum absolute atomic E-state index is 12.6. The molecule has 1 aromatic carbocycles. The van der Waals surface area contributed by atoms with Gasteiger partial charge in [0.1, 0.15) is 11.4 Å². The number of carbonyl (C=O) groups is 1. The Labute approximate surface area is 159 Å². The summed E-state index contributed by atoms with van der Waals surface area (Å²) in [6, 6.07) is 9.84. The van der Waals surface area contributed by atoms with Gasteiger partial charge in [0.15, 0.2) is 0 Å². The second-order valence-electron chi connectivity index (χ2n) is 6.00. The standard InChI is InChI=1S/C19H16N6O3/c1-24-17(26)7-5-13(23-24)18(27)21-14-10-12(4-6-16(14)28-2)15-11-25-9-3-8-20-19(25)22-15/h3-11H,1-2H3,(H,21,27). The third-order valence-corrected chi connectivity index (χ3v) is 4.17. The number of hydrogen-bond acceptors (Lipinski definition) is 6. The molecule has 0 atom stereocenters. The molecule has 0 radical (unpaired) electrons. The highest BCUT2D eigenvalue weighted by atomic mass is 16.5. The molecule has 0 fully saturated rings. The van der Waals surface area contributed by atoms with Gasteiger partial charge in [-0.1, -0.05) is 0 Å². The number of methoxy groups -OCH3 is 1. The first-order valence-electron chi connectivity index (χ1n) is 8.39. The van der Waals surface area contributed by atoms with Crippen LogP contribution in [0, 0.1) is 0 Å². The average Bonchev–Trinajstić information content (AvgIpc) is 3.14. The van der Waals surface area contributed by atoms with E-state index in [1.165, 1.54) is 26.3 Å². The van der Waals surface area contributed by atoms with Gasteiger partial charge >= 0.3 is 0 Å². The number of fused-ring (bicyclic) bond motifs is 1. The first-order chi connectivity index (χ1) is 13.5. The van der Waals surface area contributed by atoms with Gasteiger partial charge in [0.2, 0.25) is 5.78 Å². The Morgan fingerprint density at radius 2 is 2.07 bits per heavy atom. The van der Waals surface area contributed by atoms with E-state index in [0.717, 1.165) is 10.2 Å². The van der Waals surface area contributed by atoms with Crippen molar-refractivity contribution in [3.05, 3.63) is 71.0 Å². The number of aromatic nitrogens is 5. The monoisotopic (exact) mass is 376 g/mol. The number of benzene rings is 1. The molecule has 0 spiro atoms. The smallest absolute Gasteiger partial charge is 0.276 e. The molecule has 4 aromatic rings. The van der Waals surface area contributed by atoms with Crippen molar-refractivity contribution in [2.45, 2.75) is 0 Å². The first kappa shape index (κ1) is 17.4. The fourth-order valence-electron chi connectivity index (χ4n) is 2.74. The van der Waals surface area contributed by atoms with Crippen LogP contribution in [0.1, 0.15) is 10.5 Å². The summed E-state index contributed by atoms with van der Waals surface area (Å²) in [5, 5.41) is 6.74. The van der Waals surface area contributed by atoms with Gasteiger partial charge in [0, 0.05) is 37.3 Å². The highest BCUT2D eigenvalue weighted by molar-refractivity contribution is 6.03. The Kier molecular flexibility index (Phi) is 4.32. The van der Waals surface area contributed by atoms with Crippen molar-refractivity contribution >= 4 is 17.4 Å². The highest BCUT2D eigenvalue weighted by Crippen LogP contribution is 2.30. The summed E-state index contributed by atoms with van der Waals surface area (Å²) in [4.78, 5) is 32.7. The Morgan fingerprint density at radius 1 is 1.21 bits per heavy atom. The van der Waals surface area contributed by atoms with E-state index in [0.29, 0.717) is 22.9 Å². The lowest BCUT2D eigenvalue weighted by Gasteiger charge is -2.11. The SMILES string of the molecule is COc1ccc(-c2cn3cccnc3n2)cc1NC(=O)c1ccc(=O)n(C)n1. The van der Waals surface area contributed by atoms with Crippen LogP contribution in [-0.2, 0) is 7.05 Å². The molecule has 28 heavy (non-hydrogen) atoms. The van der Waals surface area contributed by atoms with Gasteiger partial charge in [-0.3, -0.25) is 14.0 Å². The largest absolute Gasteiger partial charge is 0.495 e. The van der Waals surface area contributed by atoms with Crippen molar-refractivity contribution in [1.82, 2.24) is 24.1 Å². The zero-order valence-electron chi connectivity index (χ0n) is 15.2. The second kappa shape index (κ2) is 6.95. The van der Waals surface area contributed by atoms with Crippen LogP contribution in [0.5, 0.6) is 5.75 Å². The molecule has 0 aliphatic heterocycles. The van der Waals surface area contributed by atoms with Gasteiger partial charge in [-0.25, -0.2) is 14.6 Å². The normalized spacial score (nSPS) is 10.8. The third-order valence-electron chi connectivity index (χ3n) is 4.17. The number of carbonyl (C=O) groups excluding carboxylic acids is 1. The predicted octanol–water partition coefficient (Wildman–Crippen LogP) is 1.75. The van der Waals surface area contributed by atoms with Crippen molar-refractivity contribution in [2.24, 2.45) is 7.05 Å². The van der Waals surface area contributed by atoms with E-state index in [2.05, 4.69) is 20.4 Å². The van der Waals surface area contributed by atoms with E-state index in [-0.39, 0.29) is 11.3 Å². The summed E-state index contributed by atoms with van der Waals surface area (Å²) >= 11 is 0. The van der Waals surface area contributed by atoms with Crippen molar-refractivity contribution in [2.75, 3.05) is 12.4 Å². The quantitative estimate of drug-likeness (QED) is 0.582. The molecule has 9 heteroatoms. The minimum atomic E-state index is -0.456. The van der Waals surface area contributed by atoms with Crippen LogP contribution in [0.25, 0.3) is 17.0 Å². The van der Waals surface area contributed by atoms with Gasteiger partial charge in [-0.2, -0.15) is 5.10 Å². The summed E-state index contributed by atoms with van der Waals surface area (Å²) in [6.07, 6.45) is 5.38. The van der Waals surface area contributed by atoms with E-state index >= 15 is 0 Å². The van der Waals surface area contributed by atoms with Crippen LogP contribution in [0.3, 0.4) is 0 Å². The van der Waals surface area contributed by atoms with Crippen molar-refractivity contribution in [1.29, 1.82) is 0 Å². The molecule has 3 aromatic heterocycles. The lowest BCUT2D eigenvalue weighted by atomic mass is 10.1. The molecular weight excluding hydrogens is 360 g/mol. The number of nitrogens with one attached hydrogen (secondary N) is 1. The Bertz CT molecular complexity index is 1210. The van der Waals surface area contributed by atoms with Crippen molar-refractivity contribution in [3.8, 4) is 17.0 Å². The highest BCUT2D eigenvalue weighted by Gasteiger charge is 2.14. The van der Waals surface area contributed by atoms with Gasteiger partial charge in [-0.15, -0.1) is 0 Å². The summed E-state index contributed by atoms with van der Waals surface area (Å²) < 4.78 is 8.26. The van der Waals surface area contributed by atoms with E-state index < -0.39 is 5.91 Å². The maximum Gasteiger partial charge on any atom is 0.276 e. The molecule has 3 heterocycles. The molecule has 0 saturated heterocycles. The zero-order valence-corrected chi connectivity index (χ0v) is 15.2. The van der Waals surface area contributed by atoms with E-state index in [4.69, 9.17) is 4.74 Å². The predicted molar refractivity (Wildman–Crippen MR) is 102 cm³/mol. The van der Waals surface area contributed by atoms with Crippen molar-refractivity contribution in [3.63, 3.8) is 0 Å². The van der Waals surface area contributed by atoms with Crippen molar-refractivity contribution < 1.29 is 9.53 Å². The summed E-state index contributed by atoms with van der Waals surface area (Å²) in [7, 11) is 3.00. The number of amides is 1. The minimum Gasteiger partial charge on any atom is -0.495 e. The van der Waals surface area contributed by atoms with E-state index in [1.807, 2.05) is 28.9 Å². The molecule has 0 aliphatic rings. The molecule has 9 nitrogen and oxygen atoms in total. The van der Waals surface area contributed by atoms with Crippen LogP contribution in [0.2, 0.25) is 0 Å². The molecule has 1 amide bonds. The van der Waals surface area contributed by atoms with Crippen LogP contribution in [-0.4, -0.2) is 37.2 Å². The van der Waals surface area contributed by atoms with Gasteiger partial charge in [-0.05, 0) is 30.3 Å². The number of aryl methyl sites for hydroxylation is 1. The Hall–Kier alpha value is -4.01. The van der Waals surface area contributed by atoms with Gasteiger partial charge < -0.3 is 10.1 Å². The maximum atomic E-state index is 12.6. The molecule has 0 saturated carbocycles. The number of ether oxygens (including phenoxy) is 1. The van der Waals surface area contributed by atoms with Crippen LogP contribution in [0.15, 0.2) is 59.8 Å². The average molecular weight is 376 g/mol. The number of hydrogen-bond donors (Lipinski definition) is 1. The molecular formula is C19H16N6O3. The van der Waals surface area contributed by atoms with Crippen LogP contribution >= 0.6 is 0 Å². The van der Waals surface area contributed by atoms with Crippen LogP contribution in [0.4, 0.5) is 5.69 Å². The number of imidazole rings is 1. The summed E-state index contributed by atoms with van der Waals surface area (Å²) in [5.74, 6) is 0.611. The Balaban J connectivity index is 1.69. The first-order valence-corrected chi connectivity index (χ1v) is 8.39. The second-order valence-corrected chi connectivity index (χ2v) is 6.00. The van der Waals surface area contributed by atoms with Gasteiger partial charge in [0.05, 0.1) is 18.5 Å². The number of nitrogens with zero attached hydrogens (tertiary/aromatic N) is 5.